The standard InChI is InChI=1S/C14H16FNO4/c15-11-6-3-5-10(14(18)19)13(11)16-12(17)8-9-4-1-2-7-20-9/h3,5-6,9H,1-2,4,7-8H2,(H,16,17)(H,18,19). The van der Waals surface area contributed by atoms with E-state index in [9.17, 15) is 14.0 Å². The maximum atomic E-state index is 13.6. The highest BCUT2D eigenvalue weighted by molar-refractivity contribution is 6.00. The van der Waals surface area contributed by atoms with Crippen LogP contribution in [0.15, 0.2) is 18.2 Å². The van der Waals surface area contributed by atoms with Gasteiger partial charge in [-0.05, 0) is 31.4 Å². The summed E-state index contributed by atoms with van der Waals surface area (Å²) in [4.78, 5) is 22.9. The molecule has 6 heteroatoms. The SMILES string of the molecule is O=C(CC1CCCCO1)Nc1c(F)cccc1C(=O)O. The average molecular weight is 281 g/mol. The molecule has 1 atom stereocenters. The molecule has 0 spiro atoms. The van der Waals surface area contributed by atoms with Gasteiger partial charge in [0.25, 0.3) is 0 Å². The lowest BCUT2D eigenvalue weighted by Crippen LogP contribution is -2.26. The van der Waals surface area contributed by atoms with Crippen molar-refractivity contribution >= 4 is 17.6 Å². The Kier molecular flexibility index (Phi) is 4.68. The van der Waals surface area contributed by atoms with Crippen molar-refractivity contribution in [3.05, 3.63) is 29.6 Å². The number of para-hydroxylation sites is 1. The molecule has 1 aliphatic rings. The third-order valence-electron chi connectivity index (χ3n) is 3.20. The third-order valence-corrected chi connectivity index (χ3v) is 3.20. The Hall–Kier alpha value is -1.95. The lowest BCUT2D eigenvalue weighted by Gasteiger charge is -2.22. The number of carboxylic acids is 1. The Morgan fingerprint density at radius 3 is 2.85 bits per heavy atom. The summed E-state index contributed by atoms with van der Waals surface area (Å²) >= 11 is 0. The first kappa shape index (κ1) is 14.5. The molecule has 1 aromatic carbocycles. The van der Waals surface area contributed by atoms with E-state index >= 15 is 0 Å². The molecule has 108 valence electrons. The molecular formula is C14H16FNO4. The minimum atomic E-state index is -1.28. The maximum absolute atomic E-state index is 13.6. The summed E-state index contributed by atoms with van der Waals surface area (Å²) in [6.45, 7) is 0.623. The van der Waals surface area contributed by atoms with E-state index in [1.165, 1.54) is 12.1 Å². The number of nitrogens with one attached hydrogen (secondary N) is 1. The number of aromatic carboxylic acids is 1. The molecule has 1 unspecified atom stereocenters. The maximum Gasteiger partial charge on any atom is 0.337 e. The zero-order chi connectivity index (χ0) is 14.5. The summed E-state index contributed by atoms with van der Waals surface area (Å²) in [7, 11) is 0. The van der Waals surface area contributed by atoms with E-state index in [4.69, 9.17) is 9.84 Å². The number of hydrogen-bond donors (Lipinski definition) is 2. The second-order valence-corrected chi connectivity index (χ2v) is 4.71. The van der Waals surface area contributed by atoms with Crippen LogP contribution < -0.4 is 5.32 Å². The van der Waals surface area contributed by atoms with Gasteiger partial charge >= 0.3 is 5.97 Å². The number of benzene rings is 1. The lowest BCUT2D eigenvalue weighted by molar-refractivity contribution is -0.119. The number of anilines is 1. The molecule has 0 aromatic heterocycles. The Balaban J connectivity index is 2.05. The summed E-state index contributed by atoms with van der Waals surface area (Å²) in [5, 5.41) is 11.3. The first-order chi connectivity index (χ1) is 9.58. The van der Waals surface area contributed by atoms with Gasteiger partial charge in [0.15, 0.2) is 0 Å². The van der Waals surface area contributed by atoms with Crippen LogP contribution in [0.5, 0.6) is 0 Å². The molecule has 1 fully saturated rings. The quantitative estimate of drug-likeness (QED) is 0.888. The predicted molar refractivity (Wildman–Crippen MR) is 70.2 cm³/mol. The van der Waals surface area contributed by atoms with Crippen LogP contribution in [0.3, 0.4) is 0 Å². The van der Waals surface area contributed by atoms with Gasteiger partial charge in [0.05, 0.1) is 23.8 Å². The summed E-state index contributed by atoms with van der Waals surface area (Å²) in [6, 6.07) is 3.65. The fraction of sp³-hybridized carbons (Fsp3) is 0.429. The second-order valence-electron chi connectivity index (χ2n) is 4.71. The molecule has 0 radical (unpaired) electrons. The molecule has 2 N–H and O–H groups in total. The van der Waals surface area contributed by atoms with E-state index in [1.54, 1.807) is 0 Å². The molecule has 0 bridgehead atoms. The number of ether oxygens (including phenoxy) is 1. The van der Waals surface area contributed by atoms with Crippen molar-refractivity contribution in [2.75, 3.05) is 11.9 Å². The average Bonchev–Trinajstić information content (AvgIpc) is 2.42. The van der Waals surface area contributed by atoms with E-state index in [0.717, 1.165) is 25.3 Å². The van der Waals surface area contributed by atoms with Gasteiger partial charge in [-0.1, -0.05) is 6.07 Å². The van der Waals surface area contributed by atoms with Crippen LogP contribution in [-0.4, -0.2) is 29.7 Å². The molecule has 5 nitrogen and oxygen atoms in total. The first-order valence-corrected chi connectivity index (χ1v) is 6.51. The molecule has 1 amide bonds. The van der Waals surface area contributed by atoms with Crippen molar-refractivity contribution in [3.63, 3.8) is 0 Å². The Labute approximate surface area is 115 Å². The molecular weight excluding hydrogens is 265 g/mol. The van der Waals surface area contributed by atoms with Crippen molar-refractivity contribution in [1.29, 1.82) is 0 Å². The van der Waals surface area contributed by atoms with Crippen LogP contribution in [0.25, 0.3) is 0 Å². The number of rotatable bonds is 4. The summed E-state index contributed by atoms with van der Waals surface area (Å²) < 4.78 is 19.1. The van der Waals surface area contributed by atoms with Crippen LogP contribution in [0.1, 0.15) is 36.0 Å². The van der Waals surface area contributed by atoms with Gasteiger partial charge in [0, 0.05) is 6.61 Å². The summed E-state index contributed by atoms with van der Waals surface area (Å²) in [6.07, 6.45) is 2.69. The third kappa shape index (κ3) is 3.54. The van der Waals surface area contributed by atoms with E-state index in [0.29, 0.717) is 6.61 Å². The van der Waals surface area contributed by atoms with Crippen LogP contribution >= 0.6 is 0 Å². The van der Waals surface area contributed by atoms with Crippen molar-refractivity contribution in [2.45, 2.75) is 31.8 Å². The monoisotopic (exact) mass is 281 g/mol. The summed E-state index contributed by atoms with van der Waals surface area (Å²) in [5.74, 6) is -2.49. The molecule has 1 aliphatic heterocycles. The first-order valence-electron chi connectivity index (χ1n) is 6.51. The largest absolute Gasteiger partial charge is 0.478 e. The fourth-order valence-electron chi connectivity index (χ4n) is 2.20. The van der Waals surface area contributed by atoms with Gasteiger partial charge in [-0.2, -0.15) is 0 Å². The van der Waals surface area contributed by atoms with Crippen molar-refractivity contribution in [1.82, 2.24) is 0 Å². The van der Waals surface area contributed by atoms with Crippen molar-refractivity contribution in [2.24, 2.45) is 0 Å². The van der Waals surface area contributed by atoms with Gasteiger partial charge in [-0.3, -0.25) is 4.79 Å². The Bertz CT molecular complexity index is 512. The number of amides is 1. The Morgan fingerprint density at radius 2 is 2.20 bits per heavy atom. The number of carbonyl (C=O) groups excluding carboxylic acids is 1. The molecule has 1 saturated heterocycles. The minimum absolute atomic E-state index is 0.105. The molecule has 2 rings (SSSR count). The number of hydrogen-bond acceptors (Lipinski definition) is 3. The van der Waals surface area contributed by atoms with Crippen LogP contribution in [-0.2, 0) is 9.53 Å². The smallest absolute Gasteiger partial charge is 0.337 e. The number of halogens is 1. The van der Waals surface area contributed by atoms with Gasteiger partial charge in [-0.25, -0.2) is 9.18 Å². The molecule has 1 aromatic rings. The highest BCUT2D eigenvalue weighted by atomic mass is 19.1. The molecule has 0 saturated carbocycles. The van der Waals surface area contributed by atoms with E-state index in [-0.39, 0.29) is 23.8 Å². The van der Waals surface area contributed by atoms with Crippen molar-refractivity contribution in [3.8, 4) is 0 Å². The highest BCUT2D eigenvalue weighted by Crippen LogP contribution is 2.21. The van der Waals surface area contributed by atoms with E-state index in [2.05, 4.69) is 5.32 Å². The molecule has 1 heterocycles. The summed E-state index contributed by atoms with van der Waals surface area (Å²) in [5.41, 5.74) is -0.552. The minimum Gasteiger partial charge on any atom is -0.478 e. The van der Waals surface area contributed by atoms with Crippen molar-refractivity contribution < 1.29 is 23.8 Å². The van der Waals surface area contributed by atoms with Gasteiger partial charge in [-0.15, -0.1) is 0 Å². The second kappa shape index (κ2) is 6.47. The van der Waals surface area contributed by atoms with Gasteiger partial charge in [0.1, 0.15) is 5.82 Å². The van der Waals surface area contributed by atoms with E-state index < -0.39 is 17.7 Å². The number of carbonyl (C=O) groups is 2. The number of carboxylic acid groups (broad SMARTS) is 1. The van der Waals surface area contributed by atoms with Crippen LogP contribution in [0, 0.1) is 5.82 Å². The lowest BCUT2D eigenvalue weighted by atomic mass is 10.1. The van der Waals surface area contributed by atoms with Gasteiger partial charge in [0.2, 0.25) is 5.91 Å². The van der Waals surface area contributed by atoms with Crippen LogP contribution in [0.4, 0.5) is 10.1 Å². The zero-order valence-electron chi connectivity index (χ0n) is 10.9. The highest BCUT2D eigenvalue weighted by Gasteiger charge is 2.21. The molecule has 0 aliphatic carbocycles. The zero-order valence-corrected chi connectivity index (χ0v) is 10.9. The topological polar surface area (TPSA) is 75.6 Å². The molecule has 20 heavy (non-hydrogen) atoms. The fourth-order valence-corrected chi connectivity index (χ4v) is 2.20. The predicted octanol–water partition coefficient (Wildman–Crippen LogP) is 2.42. The van der Waals surface area contributed by atoms with Crippen LogP contribution in [0.2, 0.25) is 0 Å². The normalized spacial score (nSPS) is 18.6. The Morgan fingerprint density at radius 1 is 1.40 bits per heavy atom. The van der Waals surface area contributed by atoms with E-state index in [1.807, 2.05) is 0 Å². The van der Waals surface area contributed by atoms with Gasteiger partial charge < -0.3 is 15.2 Å².